The Hall–Kier alpha value is -3.41. The van der Waals surface area contributed by atoms with E-state index in [1.54, 1.807) is 6.20 Å². The summed E-state index contributed by atoms with van der Waals surface area (Å²) >= 11 is 0. The molecular weight excluding hydrogens is 350 g/mol. The number of hydrogen-bond acceptors (Lipinski definition) is 5. The van der Waals surface area contributed by atoms with Crippen molar-refractivity contribution in [2.75, 3.05) is 0 Å². The third kappa shape index (κ3) is 3.07. The molecule has 3 aromatic rings. The zero-order chi connectivity index (χ0) is 18.9. The van der Waals surface area contributed by atoms with Crippen LogP contribution in [0.2, 0.25) is 0 Å². The maximum atomic E-state index is 10.9. The van der Waals surface area contributed by atoms with Crippen LogP contribution in [0.4, 0.5) is 0 Å². The monoisotopic (exact) mass is 369 g/mol. The molecule has 28 heavy (non-hydrogen) atoms. The first-order valence-corrected chi connectivity index (χ1v) is 9.45. The van der Waals surface area contributed by atoms with Crippen LogP contribution < -0.4 is 10.8 Å². The molecule has 2 unspecified atom stereocenters. The summed E-state index contributed by atoms with van der Waals surface area (Å²) in [6.45, 7) is 0.610. The van der Waals surface area contributed by atoms with Crippen molar-refractivity contribution >= 4 is 23.3 Å². The van der Waals surface area contributed by atoms with Crippen LogP contribution in [0.1, 0.15) is 18.4 Å². The zero-order valence-corrected chi connectivity index (χ0v) is 15.3. The van der Waals surface area contributed by atoms with Gasteiger partial charge in [-0.05, 0) is 42.2 Å². The molecule has 1 aromatic carbocycles. The number of carbonyl (C=O) groups is 1. The average molecular weight is 369 g/mol. The predicted molar refractivity (Wildman–Crippen MR) is 106 cm³/mol. The van der Waals surface area contributed by atoms with Gasteiger partial charge in [0.25, 0.3) is 0 Å². The molecule has 0 fully saturated rings. The van der Waals surface area contributed by atoms with E-state index in [0.717, 1.165) is 52.0 Å². The van der Waals surface area contributed by atoms with Crippen molar-refractivity contribution in [3.8, 4) is 0 Å². The molecule has 3 heterocycles. The number of aromatic nitrogens is 4. The first kappa shape index (κ1) is 16.7. The van der Waals surface area contributed by atoms with E-state index in [1.165, 1.54) is 0 Å². The maximum Gasteiger partial charge on any atom is 0.174 e. The number of allylic oxidation sites excluding steroid dienone is 2. The van der Waals surface area contributed by atoms with Crippen LogP contribution in [0.15, 0.2) is 65.3 Å². The second kappa shape index (κ2) is 6.96. The number of carbonyl (C=O) groups excluding carboxylic acids is 1. The Kier molecular flexibility index (Phi) is 4.16. The van der Waals surface area contributed by atoms with Gasteiger partial charge in [0.2, 0.25) is 0 Å². The van der Waals surface area contributed by atoms with Crippen LogP contribution in [-0.4, -0.2) is 32.3 Å². The lowest BCUT2D eigenvalue weighted by Gasteiger charge is -2.18. The molecule has 0 radical (unpaired) electrons. The Labute approximate surface area is 161 Å². The minimum atomic E-state index is -0.0125. The molecule has 0 N–H and O–H groups in total. The largest absolute Gasteiger partial charge is 0.303 e. The standard InChI is InChI=1S/C22H19N5O/c28-14-15-3-6-17(7-4-15)20-9-10-21-22(24-20)27(26-25-21)13-16-5-8-19-18(12-16)2-1-11-23-19/h1-3,5-8,10-12,14-15,20H,4,9,13H2. The first-order chi connectivity index (χ1) is 13.8. The number of benzene rings is 1. The first-order valence-electron chi connectivity index (χ1n) is 9.45. The number of rotatable bonds is 4. The van der Waals surface area contributed by atoms with Gasteiger partial charge in [-0.1, -0.05) is 41.7 Å². The summed E-state index contributed by atoms with van der Waals surface area (Å²) in [7, 11) is 0. The van der Waals surface area contributed by atoms with Crippen molar-refractivity contribution in [2.45, 2.75) is 25.4 Å². The Morgan fingerprint density at radius 2 is 2.14 bits per heavy atom. The number of aldehydes is 1. The molecule has 0 spiro atoms. The smallest absolute Gasteiger partial charge is 0.174 e. The van der Waals surface area contributed by atoms with Gasteiger partial charge in [-0.2, -0.15) is 0 Å². The second-order valence-electron chi connectivity index (χ2n) is 7.17. The van der Waals surface area contributed by atoms with Gasteiger partial charge in [0, 0.05) is 17.5 Å². The third-order valence-electron chi connectivity index (χ3n) is 5.27. The lowest BCUT2D eigenvalue weighted by atomic mass is 9.92. The van der Waals surface area contributed by atoms with E-state index in [2.05, 4.69) is 45.6 Å². The highest BCUT2D eigenvalue weighted by molar-refractivity contribution is 5.78. The SMILES string of the molecule is O=CC1C=CC(C2CC=c3nnn(Cc4ccc5ncccc5c4)c3=N2)=CC1. The van der Waals surface area contributed by atoms with Crippen molar-refractivity contribution in [1.82, 2.24) is 20.0 Å². The maximum absolute atomic E-state index is 10.9. The van der Waals surface area contributed by atoms with E-state index in [9.17, 15) is 4.79 Å². The van der Waals surface area contributed by atoms with Crippen molar-refractivity contribution < 1.29 is 4.79 Å². The lowest BCUT2D eigenvalue weighted by Crippen LogP contribution is -2.36. The van der Waals surface area contributed by atoms with Gasteiger partial charge in [-0.3, -0.25) is 9.98 Å². The van der Waals surface area contributed by atoms with E-state index >= 15 is 0 Å². The molecule has 1 aliphatic heterocycles. The summed E-state index contributed by atoms with van der Waals surface area (Å²) in [5.74, 6) is -0.0125. The van der Waals surface area contributed by atoms with E-state index in [1.807, 2.05) is 29.0 Å². The molecular formula is C22H19N5O. The second-order valence-corrected chi connectivity index (χ2v) is 7.17. The molecule has 2 aliphatic rings. The van der Waals surface area contributed by atoms with Crippen molar-refractivity contribution in [3.63, 3.8) is 0 Å². The van der Waals surface area contributed by atoms with Crippen LogP contribution in [0.5, 0.6) is 0 Å². The van der Waals surface area contributed by atoms with Gasteiger partial charge in [0.1, 0.15) is 11.6 Å². The van der Waals surface area contributed by atoms with Gasteiger partial charge in [0.05, 0.1) is 18.1 Å². The van der Waals surface area contributed by atoms with E-state index in [4.69, 9.17) is 4.99 Å². The number of fused-ring (bicyclic) bond motifs is 2. The van der Waals surface area contributed by atoms with Crippen LogP contribution in [0.25, 0.3) is 17.0 Å². The number of nitrogens with zero attached hydrogens (tertiary/aromatic N) is 5. The highest BCUT2D eigenvalue weighted by Gasteiger charge is 2.18. The van der Waals surface area contributed by atoms with Gasteiger partial charge in [0.15, 0.2) is 5.49 Å². The fraction of sp³-hybridized carbons (Fsp3) is 0.227. The lowest BCUT2D eigenvalue weighted by molar-refractivity contribution is -0.109. The van der Waals surface area contributed by atoms with Crippen LogP contribution in [0.3, 0.4) is 0 Å². The fourth-order valence-electron chi connectivity index (χ4n) is 3.72. The van der Waals surface area contributed by atoms with Gasteiger partial charge >= 0.3 is 0 Å². The molecule has 0 saturated heterocycles. The Bertz CT molecular complexity index is 1240. The van der Waals surface area contributed by atoms with Crippen LogP contribution in [0, 0.1) is 5.92 Å². The Morgan fingerprint density at radius 3 is 3.00 bits per heavy atom. The summed E-state index contributed by atoms with van der Waals surface area (Å²) in [5, 5.41) is 10.6. The summed E-state index contributed by atoms with van der Waals surface area (Å²) in [5.41, 5.74) is 4.09. The summed E-state index contributed by atoms with van der Waals surface area (Å²) in [6.07, 6.45) is 12.6. The molecule has 1 aliphatic carbocycles. The highest BCUT2D eigenvalue weighted by atomic mass is 16.1. The number of hydrogen-bond donors (Lipinski definition) is 0. The van der Waals surface area contributed by atoms with Gasteiger partial charge < -0.3 is 4.79 Å². The fourth-order valence-corrected chi connectivity index (χ4v) is 3.72. The Balaban J connectivity index is 1.46. The predicted octanol–water partition coefficient (Wildman–Crippen LogP) is 1.75. The quantitative estimate of drug-likeness (QED) is 0.657. The third-order valence-corrected chi connectivity index (χ3v) is 5.27. The summed E-state index contributed by atoms with van der Waals surface area (Å²) in [4.78, 5) is 20.2. The number of pyridine rings is 1. The van der Waals surface area contributed by atoms with Crippen LogP contribution in [-0.2, 0) is 11.3 Å². The van der Waals surface area contributed by atoms with E-state index in [-0.39, 0.29) is 12.0 Å². The van der Waals surface area contributed by atoms with Gasteiger partial charge in [-0.25, -0.2) is 4.68 Å². The Morgan fingerprint density at radius 1 is 1.18 bits per heavy atom. The zero-order valence-electron chi connectivity index (χ0n) is 15.3. The molecule has 6 nitrogen and oxygen atoms in total. The van der Waals surface area contributed by atoms with Crippen molar-refractivity contribution in [2.24, 2.45) is 10.9 Å². The summed E-state index contributed by atoms with van der Waals surface area (Å²) in [6, 6.07) is 10.3. The molecule has 0 bridgehead atoms. The van der Waals surface area contributed by atoms with E-state index in [0.29, 0.717) is 6.54 Å². The topological polar surface area (TPSA) is 73.0 Å². The van der Waals surface area contributed by atoms with Crippen molar-refractivity contribution in [3.05, 3.63) is 76.7 Å². The van der Waals surface area contributed by atoms with E-state index < -0.39 is 0 Å². The normalized spacial score (nSPS) is 20.8. The molecule has 0 saturated carbocycles. The highest BCUT2D eigenvalue weighted by Crippen LogP contribution is 2.21. The molecule has 2 atom stereocenters. The minimum Gasteiger partial charge on any atom is -0.303 e. The van der Waals surface area contributed by atoms with Crippen LogP contribution >= 0.6 is 0 Å². The average Bonchev–Trinajstić information content (AvgIpc) is 3.16. The molecule has 0 amide bonds. The molecule has 2 aromatic heterocycles. The van der Waals surface area contributed by atoms with Gasteiger partial charge in [-0.15, -0.1) is 5.10 Å². The summed E-state index contributed by atoms with van der Waals surface area (Å²) < 4.78 is 1.86. The molecule has 138 valence electrons. The molecule has 6 heteroatoms. The minimum absolute atomic E-state index is 0.0125. The van der Waals surface area contributed by atoms with Crippen molar-refractivity contribution in [1.29, 1.82) is 0 Å². The molecule has 5 rings (SSSR count).